The molecule has 23 heavy (non-hydrogen) atoms. The Balaban J connectivity index is 1.95. The first-order chi connectivity index (χ1) is 10.9. The van der Waals surface area contributed by atoms with Crippen LogP contribution >= 0.6 is 0 Å². The number of hydrogen-bond donors (Lipinski definition) is 0. The molecule has 0 bridgehead atoms. The highest BCUT2D eigenvalue weighted by Crippen LogP contribution is 2.20. The molecule has 1 aromatic carbocycles. The number of esters is 1. The van der Waals surface area contributed by atoms with E-state index < -0.39 is 10.9 Å². The molecule has 7 heteroatoms. The molecule has 1 aliphatic heterocycles. The molecule has 7 nitrogen and oxygen atoms in total. The third-order valence-electron chi connectivity index (χ3n) is 4.08. The van der Waals surface area contributed by atoms with Gasteiger partial charge < -0.3 is 9.64 Å². The average Bonchev–Trinajstić information content (AvgIpc) is 2.52. The summed E-state index contributed by atoms with van der Waals surface area (Å²) in [5, 5.41) is 10.8. The minimum Gasteiger partial charge on any atom is -0.452 e. The number of benzene rings is 1. The molecule has 0 N–H and O–H groups in total. The van der Waals surface area contributed by atoms with Crippen molar-refractivity contribution in [2.75, 3.05) is 13.2 Å². The van der Waals surface area contributed by atoms with Gasteiger partial charge in [0.25, 0.3) is 11.6 Å². The van der Waals surface area contributed by atoms with Crippen LogP contribution in [0.15, 0.2) is 18.2 Å². The predicted molar refractivity (Wildman–Crippen MR) is 83.1 cm³/mol. The molecule has 1 atom stereocenters. The quantitative estimate of drug-likeness (QED) is 0.483. The van der Waals surface area contributed by atoms with Crippen molar-refractivity contribution < 1.29 is 19.2 Å². The van der Waals surface area contributed by atoms with E-state index in [-0.39, 0.29) is 29.8 Å². The highest BCUT2D eigenvalue weighted by molar-refractivity contribution is 5.91. The maximum Gasteiger partial charge on any atom is 0.338 e. The van der Waals surface area contributed by atoms with Crippen LogP contribution in [-0.4, -0.2) is 40.9 Å². The van der Waals surface area contributed by atoms with E-state index in [2.05, 4.69) is 0 Å². The SMILES string of the molecule is Cc1cc(C(=O)OCC(=O)N2CCCC[C@@H]2C)ccc1[N+](=O)[O-]. The second-order valence-corrected chi connectivity index (χ2v) is 5.77. The summed E-state index contributed by atoms with van der Waals surface area (Å²) in [6.45, 7) is 3.92. The summed E-state index contributed by atoms with van der Waals surface area (Å²) in [5.41, 5.74) is 0.521. The number of amides is 1. The third-order valence-corrected chi connectivity index (χ3v) is 4.08. The lowest BCUT2D eigenvalue weighted by atomic mass is 10.0. The fraction of sp³-hybridized carbons (Fsp3) is 0.500. The first-order valence-corrected chi connectivity index (χ1v) is 7.62. The molecule has 0 radical (unpaired) electrons. The topological polar surface area (TPSA) is 89.8 Å². The number of ether oxygens (including phenoxy) is 1. The van der Waals surface area contributed by atoms with Gasteiger partial charge in [-0.1, -0.05) is 0 Å². The summed E-state index contributed by atoms with van der Waals surface area (Å²) in [6, 6.07) is 4.16. The van der Waals surface area contributed by atoms with Crippen molar-refractivity contribution in [1.82, 2.24) is 4.90 Å². The Morgan fingerprint density at radius 1 is 1.39 bits per heavy atom. The molecule has 0 unspecified atom stereocenters. The lowest BCUT2D eigenvalue weighted by Crippen LogP contribution is -2.44. The predicted octanol–water partition coefficient (Wildman–Crippen LogP) is 2.46. The molecule has 1 fully saturated rings. The Bertz CT molecular complexity index is 629. The van der Waals surface area contributed by atoms with Gasteiger partial charge >= 0.3 is 5.97 Å². The highest BCUT2D eigenvalue weighted by atomic mass is 16.6. The molecule has 1 aromatic rings. The Morgan fingerprint density at radius 2 is 2.13 bits per heavy atom. The molecule has 0 saturated carbocycles. The summed E-state index contributed by atoms with van der Waals surface area (Å²) in [6.07, 6.45) is 3.03. The summed E-state index contributed by atoms with van der Waals surface area (Å²) in [5.74, 6) is -0.856. The van der Waals surface area contributed by atoms with Gasteiger partial charge in [0.15, 0.2) is 6.61 Å². The zero-order chi connectivity index (χ0) is 17.0. The number of likely N-dealkylation sites (tertiary alicyclic amines) is 1. The van der Waals surface area contributed by atoms with E-state index in [9.17, 15) is 19.7 Å². The average molecular weight is 320 g/mol. The van der Waals surface area contributed by atoms with E-state index in [1.807, 2.05) is 6.92 Å². The van der Waals surface area contributed by atoms with Gasteiger partial charge in [0.2, 0.25) is 0 Å². The van der Waals surface area contributed by atoms with Crippen molar-refractivity contribution in [2.45, 2.75) is 39.2 Å². The molecule has 1 aliphatic rings. The van der Waals surface area contributed by atoms with Gasteiger partial charge in [0.1, 0.15) is 0 Å². The van der Waals surface area contributed by atoms with Crippen LogP contribution in [0, 0.1) is 17.0 Å². The van der Waals surface area contributed by atoms with Crippen molar-refractivity contribution >= 4 is 17.6 Å². The van der Waals surface area contributed by atoms with Crippen LogP contribution in [0.2, 0.25) is 0 Å². The summed E-state index contributed by atoms with van der Waals surface area (Å²) in [4.78, 5) is 36.1. The number of nitro groups is 1. The van der Waals surface area contributed by atoms with Gasteiger partial charge in [-0.15, -0.1) is 0 Å². The minimum absolute atomic E-state index is 0.0558. The fourth-order valence-corrected chi connectivity index (χ4v) is 2.75. The van der Waals surface area contributed by atoms with E-state index in [1.54, 1.807) is 11.8 Å². The molecular weight excluding hydrogens is 300 g/mol. The van der Waals surface area contributed by atoms with E-state index in [0.29, 0.717) is 12.1 Å². The highest BCUT2D eigenvalue weighted by Gasteiger charge is 2.24. The van der Waals surface area contributed by atoms with Crippen molar-refractivity contribution in [3.8, 4) is 0 Å². The van der Waals surface area contributed by atoms with Crippen LogP contribution in [0.5, 0.6) is 0 Å². The molecule has 124 valence electrons. The van der Waals surface area contributed by atoms with Gasteiger partial charge in [0.05, 0.1) is 10.5 Å². The molecule has 1 saturated heterocycles. The van der Waals surface area contributed by atoms with E-state index in [1.165, 1.54) is 18.2 Å². The number of nitro benzene ring substituents is 1. The molecule has 2 rings (SSSR count). The minimum atomic E-state index is -0.652. The van der Waals surface area contributed by atoms with Gasteiger partial charge in [-0.3, -0.25) is 14.9 Å². The van der Waals surface area contributed by atoms with Crippen LogP contribution in [0.25, 0.3) is 0 Å². The van der Waals surface area contributed by atoms with E-state index >= 15 is 0 Å². The largest absolute Gasteiger partial charge is 0.452 e. The standard InChI is InChI=1S/C16H20N2O5/c1-11-9-13(6-7-14(11)18(21)22)16(20)23-10-15(19)17-8-4-3-5-12(17)2/h6-7,9,12H,3-5,8,10H2,1-2H3/t12-/m0/s1. The monoisotopic (exact) mass is 320 g/mol. The van der Waals surface area contributed by atoms with Gasteiger partial charge in [-0.2, -0.15) is 0 Å². The van der Waals surface area contributed by atoms with Crippen LogP contribution in [0.1, 0.15) is 42.1 Å². The first kappa shape index (κ1) is 16.9. The normalized spacial score (nSPS) is 17.7. The number of piperidine rings is 1. The molecule has 0 aliphatic carbocycles. The molecule has 1 heterocycles. The lowest BCUT2D eigenvalue weighted by molar-refractivity contribution is -0.385. The molecule has 0 aromatic heterocycles. The summed E-state index contributed by atoms with van der Waals surface area (Å²) in [7, 11) is 0. The number of carbonyl (C=O) groups excluding carboxylic acids is 2. The number of nitrogens with zero attached hydrogens (tertiary/aromatic N) is 2. The smallest absolute Gasteiger partial charge is 0.338 e. The maximum absolute atomic E-state index is 12.1. The Kier molecular flexibility index (Phi) is 5.31. The second-order valence-electron chi connectivity index (χ2n) is 5.77. The number of hydrogen-bond acceptors (Lipinski definition) is 5. The molecule has 0 spiro atoms. The van der Waals surface area contributed by atoms with Crippen LogP contribution in [0.3, 0.4) is 0 Å². The number of aryl methyl sites for hydroxylation is 1. The zero-order valence-corrected chi connectivity index (χ0v) is 13.3. The Labute approximate surface area is 134 Å². The van der Waals surface area contributed by atoms with E-state index in [4.69, 9.17) is 4.74 Å². The Hall–Kier alpha value is -2.44. The van der Waals surface area contributed by atoms with Crippen molar-refractivity contribution in [3.05, 3.63) is 39.4 Å². The lowest BCUT2D eigenvalue weighted by Gasteiger charge is -2.33. The molecular formula is C16H20N2O5. The van der Waals surface area contributed by atoms with Crippen LogP contribution < -0.4 is 0 Å². The maximum atomic E-state index is 12.1. The van der Waals surface area contributed by atoms with Crippen molar-refractivity contribution in [3.63, 3.8) is 0 Å². The number of carbonyl (C=O) groups is 2. The van der Waals surface area contributed by atoms with Crippen LogP contribution in [-0.2, 0) is 9.53 Å². The van der Waals surface area contributed by atoms with Gasteiger partial charge in [0, 0.05) is 24.2 Å². The van der Waals surface area contributed by atoms with Crippen molar-refractivity contribution in [2.24, 2.45) is 0 Å². The second kappa shape index (κ2) is 7.21. The summed E-state index contributed by atoms with van der Waals surface area (Å²) < 4.78 is 5.05. The van der Waals surface area contributed by atoms with Crippen LogP contribution in [0.4, 0.5) is 5.69 Å². The third kappa shape index (κ3) is 4.06. The summed E-state index contributed by atoms with van der Waals surface area (Å²) >= 11 is 0. The number of rotatable bonds is 4. The van der Waals surface area contributed by atoms with Gasteiger partial charge in [-0.05, 0) is 45.2 Å². The molecule has 1 amide bonds. The van der Waals surface area contributed by atoms with E-state index in [0.717, 1.165) is 19.3 Å². The zero-order valence-electron chi connectivity index (χ0n) is 13.3. The van der Waals surface area contributed by atoms with Gasteiger partial charge in [-0.25, -0.2) is 4.79 Å². The first-order valence-electron chi connectivity index (χ1n) is 7.62. The fourth-order valence-electron chi connectivity index (χ4n) is 2.75. The Morgan fingerprint density at radius 3 is 2.74 bits per heavy atom. The van der Waals surface area contributed by atoms with Crippen molar-refractivity contribution in [1.29, 1.82) is 0 Å².